The zero-order chi connectivity index (χ0) is 19.8. The quantitative estimate of drug-likeness (QED) is 0.599. The smallest absolute Gasteiger partial charge is 0.270 e. The standard InChI is InChI=1S/C21H25N3O3/c1-15(2)24(18-8-6-5-7-9-18)21(26)14-27-22-13-20(25)23-19-11-10-16(3)12-17(19)4/h5-13,15H,14H2,1-4H3,(H,23,25)/b22-13-. The molecule has 0 saturated heterocycles. The number of rotatable bonds is 7. The predicted molar refractivity (Wildman–Crippen MR) is 108 cm³/mol. The molecule has 2 aromatic carbocycles. The van der Waals surface area contributed by atoms with Gasteiger partial charge in [0.25, 0.3) is 11.8 Å². The molecule has 1 N–H and O–H groups in total. The summed E-state index contributed by atoms with van der Waals surface area (Å²) >= 11 is 0. The van der Waals surface area contributed by atoms with Crippen molar-refractivity contribution in [3.63, 3.8) is 0 Å². The molecule has 6 heteroatoms. The number of para-hydroxylation sites is 1. The van der Waals surface area contributed by atoms with E-state index in [1.54, 1.807) is 4.90 Å². The molecular formula is C21H25N3O3. The summed E-state index contributed by atoms with van der Waals surface area (Å²) < 4.78 is 0. The summed E-state index contributed by atoms with van der Waals surface area (Å²) in [5.74, 6) is -0.652. The minimum Gasteiger partial charge on any atom is -0.385 e. The maximum Gasteiger partial charge on any atom is 0.270 e. The summed E-state index contributed by atoms with van der Waals surface area (Å²) in [5.41, 5.74) is 3.58. The van der Waals surface area contributed by atoms with Crippen LogP contribution in [0.4, 0.5) is 11.4 Å². The van der Waals surface area contributed by atoms with Crippen LogP contribution in [0.15, 0.2) is 53.7 Å². The normalized spacial score (nSPS) is 10.9. The second-order valence-electron chi connectivity index (χ2n) is 6.51. The van der Waals surface area contributed by atoms with Crippen LogP contribution in [-0.4, -0.2) is 30.7 Å². The number of anilines is 2. The van der Waals surface area contributed by atoms with Crippen LogP contribution in [0.3, 0.4) is 0 Å². The average Bonchev–Trinajstić information content (AvgIpc) is 2.62. The first-order valence-electron chi connectivity index (χ1n) is 8.79. The lowest BCUT2D eigenvalue weighted by molar-refractivity contribution is -0.123. The van der Waals surface area contributed by atoms with Crippen molar-refractivity contribution in [2.75, 3.05) is 16.8 Å². The van der Waals surface area contributed by atoms with Crippen LogP contribution in [0, 0.1) is 13.8 Å². The lowest BCUT2D eigenvalue weighted by atomic mass is 10.1. The molecule has 0 aliphatic heterocycles. The van der Waals surface area contributed by atoms with Crippen molar-refractivity contribution < 1.29 is 14.4 Å². The third-order valence-electron chi connectivity index (χ3n) is 3.89. The number of oxime groups is 1. The average molecular weight is 367 g/mol. The van der Waals surface area contributed by atoms with E-state index in [0.717, 1.165) is 23.0 Å². The molecule has 2 rings (SSSR count). The molecule has 0 spiro atoms. The number of aryl methyl sites for hydroxylation is 2. The Bertz CT molecular complexity index is 817. The highest BCUT2D eigenvalue weighted by atomic mass is 16.6. The van der Waals surface area contributed by atoms with E-state index in [1.807, 2.05) is 76.2 Å². The molecule has 0 aliphatic rings. The maximum absolute atomic E-state index is 12.4. The Hall–Kier alpha value is -3.15. The fraction of sp³-hybridized carbons (Fsp3) is 0.286. The predicted octanol–water partition coefficient (Wildman–Crippen LogP) is 3.69. The van der Waals surface area contributed by atoms with Gasteiger partial charge in [0.15, 0.2) is 6.61 Å². The van der Waals surface area contributed by atoms with Crippen molar-refractivity contribution in [3.8, 4) is 0 Å². The summed E-state index contributed by atoms with van der Waals surface area (Å²) in [7, 11) is 0. The molecule has 0 unspecified atom stereocenters. The topological polar surface area (TPSA) is 71.0 Å². The van der Waals surface area contributed by atoms with E-state index < -0.39 is 5.91 Å². The van der Waals surface area contributed by atoms with E-state index in [4.69, 9.17) is 4.84 Å². The molecule has 0 radical (unpaired) electrons. The van der Waals surface area contributed by atoms with Gasteiger partial charge < -0.3 is 15.1 Å². The van der Waals surface area contributed by atoms with Crippen molar-refractivity contribution in [1.82, 2.24) is 0 Å². The molecule has 142 valence electrons. The van der Waals surface area contributed by atoms with Gasteiger partial charge in [0.1, 0.15) is 6.21 Å². The molecule has 27 heavy (non-hydrogen) atoms. The summed E-state index contributed by atoms with van der Waals surface area (Å²) in [6.07, 6.45) is 1.02. The number of amides is 2. The van der Waals surface area contributed by atoms with Crippen molar-refractivity contribution >= 4 is 29.4 Å². The highest BCUT2D eigenvalue weighted by Crippen LogP contribution is 2.17. The number of carbonyl (C=O) groups is 2. The second-order valence-corrected chi connectivity index (χ2v) is 6.51. The SMILES string of the molecule is Cc1ccc(NC(=O)/C=N\OCC(=O)N(c2ccccc2)C(C)C)c(C)c1. The van der Waals surface area contributed by atoms with E-state index in [1.165, 1.54) is 0 Å². The summed E-state index contributed by atoms with van der Waals surface area (Å²) in [4.78, 5) is 31.0. The maximum atomic E-state index is 12.4. The molecule has 0 aromatic heterocycles. The Labute approximate surface area is 159 Å². The third-order valence-corrected chi connectivity index (χ3v) is 3.89. The molecular weight excluding hydrogens is 342 g/mol. The number of hydrogen-bond acceptors (Lipinski definition) is 4. The van der Waals surface area contributed by atoms with Crippen LogP contribution in [0.5, 0.6) is 0 Å². The monoisotopic (exact) mass is 367 g/mol. The Morgan fingerprint density at radius 2 is 1.85 bits per heavy atom. The molecule has 0 aliphatic carbocycles. The van der Waals surface area contributed by atoms with Crippen molar-refractivity contribution in [2.24, 2.45) is 5.16 Å². The molecule has 2 aromatic rings. The largest absolute Gasteiger partial charge is 0.385 e. The fourth-order valence-corrected chi connectivity index (χ4v) is 2.68. The highest BCUT2D eigenvalue weighted by molar-refractivity contribution is 6.31. The van der Waals surface area contributed by atoms with Crippen LogP contribution >= 0.6 is 0 Å². The Morgan fingerprint density at radius 1 is 1.15 bits per heavy atom. The van der Waals surface area contributed by atoms with Gasteiger partial charge >= 0.3 is 0 Å². The molecule has 2 amide bonds. The van der Waals surface area contributed by atoms with E-state index in [0.29, 0.717) is 5.69 Å². The van der Waals surface area contributed by atoms with Crippen molar-refractivity contribution in [2.45, 2.75) is 33.7 Å². The Kier molecular flexibility index (Phi) is 7.11. The first kappa shape index (κ1) is 20.2. The summed E-state index contributed by atoms with van der Waals surface area (Å²) in [6.45, 7) is 7.50. The van der Waals surface area contributed by atoms with Crippen molar-refractivity contribution in [3.05, 3.63) is 59.7 Å². The van der Waals surface area contributed by atoms with Gasteiger partial charge in [-0.1, -0.05) is 41.1 Å². The van der Waals surface area contributed by atoms with Gasteiger partial charge in [-0.05, 0) is 51.5 Å². The molecule has 0 bridgehead atoms. The Balaban J connectivity index is 1.88. The number of nitrogens with zero attached hydrogens (tertiary/aromatic N) is 2. The van der Waals surface area contributed by atoms with E-state index in [-0.39, 0.29) is 18.6 Å². The van der Waals surface area contributed by atoms with Gasteiger partial charge in [0, 0.05) is 17.4 Å². The zero-order valence-electron chi connectivity index (χ0n) is 16.1. The minimum atomic E-state index is -0.418. The van der Waals surface area contributed by atoms with E-state index >= 15 is 0 Å². The van der Waals surface area contributed by atoms with E-state index in [2.05, 4.69) is 10.5 Å². The van der Waals surface area contributed by atoms with Gasteiger partial charge in [-0.25, -0.2) is 0 Å². The number of carbonyl (C=O) groups excluding carboxylic acids is 2. The van der Waals surface area contributed by atoms with Crippen LogP contribution in [0.25, 0.3) is 0 Å². The lowest BCUT2D eigenvalue weighted by Gasteiger charge is -2.26. The summed E-state index contributed by atoms with van der Waals surface area (Å²) in [5, 5.41) is 6.33. The van der Waals surface area contributed by atoms with E-state index in [9.17, 15) is 9.59 Å². The Morgan fingerprint density at radius 3 is 2.48 bits per heavy atom. The van der Waals surface area contributed by atoms with Gasteiger partial charge in [0.2, 0.25) is 0 Å². The number of benzene rings is 2. The number of hydrogen-bond donors (Lipinski definition) is 1. The van der Waals surface area contributed by atoms with Gasteiger partial charge in [-0.3, -0.25) is 9.59 Å². The third kappa shape index (κ3) is 5.95. The zero-order valence-corrected chi connectivity index (χ0v) is 16.1. The minimum absolute atomic E-state index is 0.0275. The summed E-state index contributed by atoms with van der Waals surface area (Å²) in [6, 6.07) is 15.0. The van der Waals surface area contributed by atoms with Gasteiger partial charge in [-0.2, -0.15) is 0 Å². The van der Waals surface area contributed by atoms with Crippen molar-refractivity contribution in [1.29, 1.82) is 0 Å². The van der Waals surface area contributed by atoms with Gasteiger partial charge in [0.05, 0.1) is 0 Å². The second kappa shape index (κ2) is 9.52. The van der Waals surface area contributed by atoms with Crippen LogP contribution < -0.4 is 10.2 Å². The van der Waals surface area contributed by atoms with Crippen LogP contribution in [0.1, 0.15) is 25.0 Å². The van der Waals surface area contributed by atoms with Crippen LogP contribution in [-0.2, 0) is 14.4 Å². The highest BCUT2D eigenvalue weighted by Gasteiger charge is 2.19. The van der Waals surface area contributed by atoms with Crippen LogP contribution in [0.2, 0.25) is 0 Å². The molecule has 0 heterocycles. The first-order chi connectivity index (χ1) is 12.9. The van der Waals surface area contributed by atoms with Gasteiger partial charge in [-0.15, -0.1) is 0 Å². The molecule has 0 fully saturated rings. The molecule has 6 nitrogen and oxygen atoms in total. The fourth-order valence-electron chi connectivity index (χ4n) is 2.68. The lowest BCUT2D eigenvalue weighted by Crippen LogP contribution is -2.39. The first-order valence-corrected chi connectivity index (χ1v) is 8.79. The molecule has 0 saturated carbocycles. The molecule has 0 atom stereocenters. The number of nitrogens with one attached hydrogen (secondary N) is 1.